The van der Waals surface area contributed by atoms with Crippen LogP contribution in [0.25, 0.3) is 0 Å². The van der Waals surface area contributed by atoms with Gasteiger partial charge in [0.2, 0.25) is 0 Å². The van der Waals surface area contributed by atoms with Crippen molar-refractivity contribution < 1.29 is 4.79 Å². The van der Waals surface area contributed by atoms with E-state index in [4.69, 9.17) is 69.6 Å². The van der Waals surface area contributed by atoms with Crippen LogP contribution in [-0.2, 0) is 11.2 Å². The van der Waals surface area contributed by atoms with Gasteiger partial charge in [-0.1, -0.05) is 69.6 Å². The third-order valence-corrected chi connectivity index (χ3v) is 5.19. The van der Waals surface area contributed by atoms with Gasteiger partial charge in [-0.3, -0.25) is 4.79 Å². The summed E-state index contributed by atoms with van der Waals surface area (Å²) in [5.41, 5.74) is 0.635. The lowest BCUT2D eigenvalue weighted by Gasteiger charge is -2.03. The van der Waals surface area contributed by atoms with Gasteiger partial charge in [0.1, 0.15) is 0 Å². The largest absolute Gasteiger partial charge is 0.287 e. The van der Waals surface area contributed by atoms with Crippen LogP contribution >= 0.6 is 94.9 Å². The number of carbonyl (C=O) groups excluding carboxylic acids is 1. The average Bonchev–Trinajstić information content (AvgIpc) is 2.43. The first-order valence-electron chi connectivity index (χ1n) is 5.80. The fourth-order valence-corrected chi connectivity index (χ4v) is 3.00. The number of benzene rings is 2. The number of halogens is 6. The molecule has 124 valence electrons. The molecule has 23 heavy (non-hydrogen) atoms. The van der Waals surface area contributed by atoms with Gasteiger partial charge < -0.3 is 0 Å². The maximum Gasteiger partial charge on any atom is 0.190 e. The van der Waals surface area contributed by atoms with Crippen LogP contribution in [0.4, 0.5) is 0 Å². The second-order valence-electron chi connectivity index (χ2n) is 4.15. The van der Waals surface area contributed by atoms with Crippen molar-refractivity contribution in [3.05, 3.63) is 60.0 Å². The van der Waals surface area contributed by atoms with Crippen LogP contribution in [0.2, 0.25) is 30.1 Å². The highest BCUT2D eigenvalue weighted by molar-refractivity contribution is 7.96. The zero-order valence-corrected chi connectivity index (χ0v) is 17.4. The lowest BCUT2D eigenvalue weighted by atomic mass is 10.2. The fraction of sp³-hybridized carbons (Fsp3) is 0.0714. The minimum absolute atomic E-state index is 0.152. The molecule has 2 rings (SSSR count). The summed E-state index contributed by atoms with van der Waals surface area (Å²) < 4.78 is 0. The van der Waals surface area contributed by atoms with Crippen molar-refractivity contribution in [1.29, 1.82) is 0 Å². The molecule has 2 aromatic rings. The minimum atomic E-state index is -0.264. The van der Waals surface area contributed by atoms with E-state index in [2.05, 4.69) is 25.3 Å². The van der Waals surface area contributed by atoms with E-state index < -0.39 is 0 Å². The van der Waals surface area contributed by atoms with E-state index in [1.54, 1.807) is 18.2 Å². The Labute approximate surface area is 175 Å². The molecule has 0 radical (unpaired) electrons. The molecule has 0 saturated heterocycles. The predicted molar refractivity (Wildman–Crippen MR) is 108 cm³/mol. The molecule has 0 spiro atoms. The molecule has 0 heterocycles. The predicted octanol–water partition coefficient (Wildman–Crippen LogP) is 7.58. The van der Waals surface area contributed by atoms with Gasteiger partial charge in [0.15, 0.2) is 5.12 Å². The summed E-state index contributed by atoms with van der Waals surface area (Å²) in [6.45, 7) is 0. The third-order valence-electron chi connectivity index (χ3n) is 2.42. The van der Waals surface area contributed by atoms with Crippen LogP contribution in [0.3, 0.4) is 0 Å². The van der Waals surface area contributed by atoms with Gasteiger partial charge >= 0.3 is 0 Å². The first-order valence-corrected chi connectivity index (χ1v) is 8.96. The molecular formula is C14H8Cl6OS2. The fourth-order valence-electron chi connectivity index (χ4n) is 1.37. The SMILES string of the molecule is O=C(S)Cc1cc(Cl)c(Cl)cc1Cl.Sc1cc(Cl)c(Cl)cc1Cl. The summed E-state index contributed by atoms with van der Waals surface area (Å²) in [5, 5.41) is 2.35. The van der Waals surface area contributed by atoms with Gasteiger partial charge in [-0.2, -0.15) is 0 Å². The second-order valence-corrected chi connectivity index (χ2v) is 7.57. The average molecular weight is 469 g/mol. The Morgan fingerprint density at radius 3 is 1.65 bits per heavy atom. The molecule has 2 aromatic carbocycles. The molecule has 0 aliphatic heterocycles. The Balaban J connectivity index is 0.000000238. The van der Waals surface area contributed by atoms with Gasteiger partial charge in [-0.25, -0.2) is 0 Å². The molecular weight excluding hydrogens is 461 g/mol. The Morgan fingerprint density at radius 2 is 1.17 bits per heavy atom. The molecule has 9 heteroatoms. The van der Waals surface area contributed by atoms with Gasteiger partial charge in [-0.15, -0.1) is 25.3 Å². The number of carbonyl (C=O) groups is 1. The summed E-state index contributed by atoms with van der Waals surface area (Å²) in [4.78, 5) is 11.3. The van der Waals surface area contributed by atoms with E-state index in [-0.39, 0.29) is 11.5 Å². The van der Waals surface area contributed by atoms with Crippen LogP contribution < -0.4 is 0 Å². The highest BCUT2D eigenvalue weighted by Crippen LogP contribution is 2.31. The molecule has 0 aliphatic rings. The molecule has 0 fully saturated rings. The zero-order chi connectivity index (χ0) is 17.7. The van der Waals surface area contributed by atoms with Crippen LogP contribution in [0.15, 0.2) is 29.2 Å². The molecule has 0 N–H and O–H groups in total. The first-order chi connectivity index (χ1) is 10.6. The normalized spacial score (nSPS) is 10.1. The van der Waals surface area contributed by atoms with Crippen molar-refractivity contribution in [3.63, 3.8) is 0 Å². The standard InChI is InChI=1S/C8H5Cl3OS.C6H3Cl3S/c9-5-3-7(11)6(10)1-4(5)2-8(12)13;7-3-1-5(9)6(10)2-4(3)8/h1,3H,2H2,(H,12,13);1-2,10H. The molecule has 0 aliphatic carbocycles. The van der Waals surface area contributed by atoms with E-state index in [0.29, 0.717) is 40.6 Å². The topological polar surface area (TPSA) is 17.1 Å². The number of hydrogen-bond donors (Lipinski definition) is 2. The molecule has 0 atom stereocenters. The van der Waals surface area contributed by atoms with Crippen molar-refractivity contribution in [2.75, 3.05) is 0 Å². The van der Waals surface area contributed by atoms with Crippen molar-refractivity contribution in [2.45, 2.75) is 11.3 Å². The quantitative estimate of drug-likeness (QED) is 0.343. The van der Waals surface area contributed by atoms with Crippen LogP contribution in [-0.4, -0.2) is 5.12 Å². The maximum atomic E-state index is 10.7. The van der Waals surface area contributed by atoms with E-state index in [9.17, 15) is 4.79 Å². The van der Waals surface area contributed by atoms with Crippen LogP contribution in [0, 0.1) is 0 Å². The zero-order valence-electron chi connectivity index (χ0n) is 11.1. The first kappa shape index (κ1) is 21.6. The summed E-state index contributed by atoms with van der Waals surface area (Å²) in [5.74, 6) is 0. The monoisotopic (exact) mass is 466 g/mol. The lowest BCUT2D eigenvalue weighted by molar-refractivity contribution is -0.110. The van der Waals surface area contributed by atoms with Gasteiger partial charge in [0.05, 0.1) is 25.1 Å². The smallest absolute Gasteiger partial charge is 0.190 e. The summed E-state index contributed by atoms with van der Waals surface area (Å²) >= 11 is 41.9. The van der Waals surface area contributed by atoms with E-state index in [1.165, 1.54) is 6.07 Å². The summed E-state index contributed by atoms with van der Waals surface area (Å²) in [6, 6.07) is 6.25. The Morgan fingerprint density at radius 1 is 0.739 bits per heavy atom. The molecule has 0 unspecified atom stereocenters. The van der Waals surface area contributed by atoms with Gasteiger partial charge in [0.25, 0.3) is 0 Å². The van der Waals surface area contributed by atoms with E-state index in [0.717, 1.165) is 0 Å². The van der Waals surface area contributed by atoms with Crippen LogP contribution in [0.5, 0.6) is 0 Å². The van der Waals surface area contributed by atoms with E-state index >= 15 is 0 Å². The maximum absolute atomic E-state index is 10.7. The Bertz CT molecular complexity index is 685. The van der Waals surface area contributed by atoms with Crippen molar-refractivity contribution in [2.24, 2.45) is 0 Å². The van der Waals surface area contributed by atoms with Crippen molar-refractivity contribution >= 4 is 100.0 Å². The number of hydrogen-bond acceptors (Lipinski definition) is 2. The number of rotatable bonds is 2. The lowest BCUT2D eigenvalue weighted by Crippen LogP contribution is -1.94. The molecule has 0 aromatic heterocycles. The Hall–Kier alpha value is 0.550. The highest BCUT2D eigenvalue weighted by atomic mass is 35.5. The number of thiol groups is 2. The minimum Gasteiger partial charge on any atom is -0.287 e. The van der Waals surface area contributed by atoms with E-state index in [1.807, 2.05) is 0 Å². The third kappa shape index (κ3) is 7.13. The Kier molecular flexibility index (Phi) is 9.28. The van der Waals surface area contributed by atoms with Crippen LogP contribution in [0.1, 0.15) is 5.56 Å². The molecule has 0 bridgehead atoms. The highest BCUT2D eigenvalue weighted by Gasteiger charge is 2.07. The second kappa shape index (κ2) is 9.88. The van der Waals surface area contributed by atoms with Gasteiger partial charge in [0, 0.05) is 16.3 Å². The molecule has 0 amide bonds. The molecule has 0 saturated carbocycles. The van der Waals surface area contributed by atoms with Crippen molar-refractivity contribution in [3.8, 4) is 0 Å². The summed E-state index contributed by atoms with van der Waals surface area (Å²) in [7, 11) is 0. The van der Waals surface area contributed by atoms with Gasteiger partial charge in [-0.05, 0) is 29.8 Å². The van der Waals surface area contributed by atoms with Crippen molar-refractivity contribution in [1.82, 2.24) is 0 Å². The molecule has 1 nitrogen and oxygen atoms in total. The summed E-state index contributed by atoms with van der Waals surface area (Å²) in [6.07, 6.45) is 0.152.